The fourth-order valence-electron chi connectivity index (χ4n) is 2.65. The Kier molecular flexibility index (Phi) is 5.31. The molecule has 0 aliphatic carbocycles. The predicted octanol–water partition coefficient (Wildman–Crippen LogP) is 3.65. The Labute approximate surface area is 151 Å². The first kappa shape index (κ1) is 17.7. The van der Waals surface area contributed by atoms with Crippen LogP contribution < -0.4 is 10.1 Å². The van der Waals surface area contributed by atoms with Crippen molar-refractivity contribution in [3.05, 3.63) is 71.7 Å². The molecule has 26 heavy (non-hydrogen) atoms. The zero-order valence-electron chi connectivity index (χ0n) is 14.7. The van der Waals surface area contributed by atoms with E-state index in [2.05, 4.69) is 10.4 Å². The van der Waals surface area contributed by atoms with Crippen LogP contribution in [-0.4, -0.2) is 22.8 Å². The summed E-state index contributed by atoms with van der Waals surface area (Å²) in [5.41, 5.74) is 2.47. The number of carbonyl (C=O) groups is 1. The van der Waals surface area contributed by atoms with Crippen LogP contribution >= 0.6 is 0 Å². The molecular formula is C20H20FN3O2. The highest BCUT2D eigenvalue weighted by Crippen LogP contribution is 2.22. The van der Waals surface area contributed by atoms with Crippen molar-refractivity contribution in [2.75, 3.05) is 7.11 Å². The number of nitrogens with zero attached hydrogens (tertiary/aromatic N) is 2. The smallest absolute Gasteiger partial charge is 0.269 e. The van der Waals surface area contributed by atoms with Gasteiger partial charge < -0.3 is 10.1 Å². The number of hydrogen-bond acceptors (Lipinski definition) is 3. The number of aromatic nitrogens is 2. The van der Waals surface area contributed by atoms with Crippen molar-refractivity contribution in [1.29, 1.82) is 0 Å². The topological polar surface area (TPSA) is 56.2 Å². The molecule has 0 spiro atoms. The summed E-state index contributed by atoms with van der Waals surface area (Å²) in [6, 6.07) is 15.6. The monoisotopic (exact) mass is 353 g/mol. The summed E-state index contributed by atoms with van der Waals surface area (Å²) in [5.74, 6) is 0.129. The number of carbonyl (C=O) groups excluding carboxylic acids is 1. The molecular weight excluding hydrogens is 333 g/mol. The van der Waals surface area contributed by atoms with Crippen molar-refractivity contribution < 1.29 is 13.9 Å². The van der Waals surface area contributed by atoms with E-state index in [0.717, 1.165) is 11.3 Å². The zero-order valence-corrected chi connectivity index (χ0v) is 14.7. The number of rotatable bonds is 6. The SMILES string of the molecule is CCn1nc(-c2ccc(OC)cc2)cc1C(=O)NCc1ccccc1F. The van der Waals surface area contributed by atoms with Gasteiger partial charge in [0.25, 0.3) is 5.91 Å². The largest absolute Gasteiger partial charge is 0.497 e. The lowest BCUT2D eigenvalue weighted by Gasteiger charge is -2.07. The molecule has 1 N–H and O–H groups in total. The fourth-order valence-corrected chi connectivity index (χ4v) is 2.65. The van der Waals surface area contributed by atoms with E-state index in [0.29, 0.717) is 23.5 Å². The van der Waals surface area contributed by atoms with Crippen LogP contribution in [0, 0.1) is 5.82 Å². The van der Waals surface area contributed by atoms with Crippen molar-refractivity contribution in [3.63, 3.8) is 0 Å². The van der Waals surface area contributed by atoms with E-state index in [-0.39, 0.29) is 18.3 Å². The Bertz CT molecular complexity index is 904. The van der Waals surface area contributed by atoms with Crippen LogP contribution in [0.2, 0.25) is 0 Å². The van der Waals surface area contributed by atoms with E-state index in [4.69, 9.17) is 4.74 Å². The second-order valence-electron chi connectivity index (χ2n) is 5.73. The molecule has 6 heteroatoms. The minimum absolute atomic E-state index is 0.123. The summed E-state index contributed by atoms with van der Waals surface area (Å²) in [6.45, 7) is 2.59. The lowest BCUT2D eigenvalue weighted by atomic mass is 10.1. The van der Waals surface area contributed by atoms with Crippen LogP contribution in [0.15, 0.2) is 54.6 Å². The molecule has 0 saturated carbocycles. The minimum Gasteiger partial charge on any atom is -0.497 e. The average molecular weight is 353 g/mol. The van der Waals surface area contributed by atoms with Gasteiger partial charge in [0.05, 0.1) is 12.8 Å². The van der Waals surface area contributed by atoms with E-state index in [1.165, 1.54) is 6.07 Å². The fraction of sp³-hybridized carbons (Fsp3) is 0.200. The molecule has 0 radical (unpaired) electrons. The molecule has 134 valence electrons. The number of aryl methyl sites for hydroxylation is 1. The van der Waals surface area contributed by atoms with Crippen LogP contribution in [0.25, 0.3) is 11.3 Å². The van der Waals surface area contributed by atoms with E-state index in [1.807, 2.05) is 31.2 Å². The standard InChI is InChI=1S/C20H20FN3O2/c1-3-24-19(20(25)22-13-15-6-4-5-7-17(15)21)12-18(23-24)14-8-10-16(26-2)11-9-14/h4-12H,3,13H2,1-2H3,(H,22,25). The Morgan fingerprint density at radius 3 is 2.58 bits per heavy atom. The molecule has 0 atom stereocenters. The summed E-state index contributed by atoms with van der Waals surface area (Å²) in [6.07, 6.45) is 0. The second kappa shape index (κ2) is 7.82. The summed E-state index contributed by atoms with van der Waals surface area (Å²) in [5, 5.41) is 7.24. The molecule has 2 aromatic carbocycles. The molecule has 0 bridgehead atoms. The molecule has 0 aliphatic heterocycles. The molecule has 0 unspecified atom stereocenters. The Balaban J connectivity index is 1.79. The Hall–Kier alpha value is -3.15. The summed E-state index contributed by atoms with van der Waals surface area (Å²) < 4.78 is 20.5. The van der Waals surface area contributed by atoms with Gasteiger partial charge in [-0.25, -0.2) is 4.39 Å². The van der Waals surface area contributed by atoms with E-state index in [9.17, 15) is 9.18 Å². The van der Waals surface area contributed by atoms with Crippen molar-refractivity contribution in [1.82, 2.24) is 15.1 Å². The lowest BCUT2D eigenvalue weighted by molar-refractivity contribution is 0.0940. The normalized spacial score (nSPS) is 10.6. The zero-order chi connectivity index (χ0) is 18.5. The van der Waals surface area contributed by atoms with Crippen LogP contribution in [0.1, 0.15) is 23.0 Å². The van der Waals surface area contributed by atoms with Gasteiger partial charge in [-0.1, -0.05) is 18.2 Å². The van der Waals surface area contributed by atoms with Gasteiger partial charge in [-0.2, -0.15) is 5.10 Å². The highest BCUT2D eigenvalue weighted by molar-refractivity contribution is 5.93. The first-order chi connectivity index (χ1) is 12.6. The number of hydrogen-bond donors (Lipinski definition) is 1. The summed E-state index contributed by atoms with van der Waals surface area (Å²) in [7, 11) is 1.61. The van der Waals surface area contributed by atoms with Gasteiger partial charge in [0.1, 0.15) is 17.3 Å². The first-order valence-corrected chi connectivity index (χ1v) is 8.36. The maximum atomic E-state index is 13.7. The third-order valence-electron chi connectivity index (χ3n) is 4.10. The van der Waals surface area contributed by atoms with Crippen molar-refractivity contribution >= 4 is 5.91 Å². The number of ether oxygens (including phenoxy) is 1. The average Bonchev–Trinajstić information content (AvgIpc) is 3.12. The Morgan fingerprint density at radius 2 is 1.92 bits per heavy atom. The van der Waals surface area contributed by atoms with Gasteiger partial charge in [-0.05, 0) is 43.3 Å². The molecule has 3 aromatic rings. The van der Waals surface area contributed by atoms with Gasteiger partial charge in [-0.15, -0.1) is 0 Å². The van der Waals surface area contributed by atoms with Gasteiger partial charge in [-0.3, -0.25) is 9.48 Å². The number of halogens is 1. The third-order valence-corrected chi connectivity index (χ3v) is 4.10. The number of nitrogens with one attached hydrogen (secondary N) is 1. The predicted molar refractivity (Wildman–Crippen MR) is 97.5 cm³/mol. The quantitative estimate of drug-likeness (QED) is 0.736. The summed E-state index contributed by atoms with van der Waals surface area (Å²) in [4.78, 5) is 12.5. The minimum atomic E-state index is -0.337. The molecule has 0 saturated heterocycles. The van der Waals surface area contributed by atoms with Crippen molar-refractivity contribution in [3.8, 4) is 17.0 Å². The van der Waals surface area contributed by atoms with Crippen LogP contribution in [0.4, 0.5) is 4.39 Å². The van der Waals surface area contributed by atoms with E-state index >= 15 is 0 Å². The van der Waals surface area contributed by atoms with Crippen LogP contribution in [0.5, 0.6) is 5.75 Å². The van der Waals surface area contributed by atoms with E-state index in [1.54, 1.807) is 36.1 Å². The van der Waals surface area contributed by atoms with Gasteiger partial charge in [0, 0.05) is 24.2 Å². The van der Waals surface area contributed by atoms with Crippen molar-refractivity contribution in [2.45, 2.75) is 20.0 Å². The van der Waals surface area contributed by atoms with Crippen molar-refractivity contribution in [2.24, 2.45) is 0 Å². The van der Waals surface area contributed by atoms with Gasteiger partial charge >= 0.3 is 0 Å². The molecule has 1 amide bonds. The molecule has 3 rings (SSSR count). The number of methoxy groups -OCH3 is 1. The lowest BCUT2D eigenvalue weighted by Crippen LogP contribution is -2.26. The first-order valence-electron chi connectivity index (χ1n) is 8.36. The van der Waals surface area contributed by atoms with Crippen LogP contribution in [-0.2, 0) is 13.1 Å². The molecule has 1 aromatic heterocycles. The molecule has 1 heterocycles. The second-order valence-corrected chi connectivity index (χ2v) is 5.73. The molecule has 5 nitrogen and oxygen atoms in total. The maximum Gasteiger partial charge on any atom is 0.269 e. The van der Waals surface area contributed by atoms with Crippen LogP contribution in [0.3, 0.4) is 0 Å². The summed E-state index contributed by atoms with van der Waals surface area (Å²) >= 11 is 0. The highest BCUT2D eigenvalue weighted by Gasteiger charge is 2.16. The molecule has 0 aliphatic rings. The third kappa shape index (κ3) is 3.74. The highest BCUT2D eigenvalue weighted by atomic mass is 19.1. The van der Waals surface area contributed by atoms with Gasteiger partial charge in [0.15, 0.2) is 0 Å². The Morgan fingerprint density at radius 1 is 1.19 bits per heavy atom. The molecule has 0 fully saturated rings. The maximum absolute atomic E-state index is 13.7. The number of amides is 1. The van der Waals surface area contributed by atoms with E-state index < -0.39 is 0 Å². The number of benzene rings is 2. The van der Waals surface area contributed by atoms with Gasteiger partial charge in [0.2, 0.25) is 0 Å².